The summed E-state index contributed by atoms with van der Waals surface area (Å²) < 4.78 is 6.12. The van der Waals surface area contributed by atoms with Crippen LogP contribution in [-0.4, -0.2) is 22.9 Å². The largest absolute Gasteiger partial charge is 0.497 e. The summed E-state index contributed by atoms with van der Waals surface area (Å²) >= 11 is 0. The van der Waals surface area contributed by atoms with E-state index in [1.54, 1.807) is 25.3 Å². The minimum atomic E-state index is -1.02. The van der Waals surface area contributed by atoms with Crippen LogP contribution < -0.4 is 4.74 Å². The summed E-state index contributed by atoms with van der Waals surface area (Å²) in [6.45, 7) is 0. The lowest BCUT2D eigenvalue weighted by Crippen LogP contribution is -2.05. The van der Waals surface area contributed by atoms with Crippen molar-refractivity contribution in [2.75, 3.05) is 7.11 Å². The van der Waals surface area contributed by atoms with Crippen molar-refractivity contribution < 1.29 is 14.6 Å². The Balaban J connectivity index is 2.69. The van der Waals surface area contributed by atoms with Crippen LogP contribution in [0.15, 0.2) is 24.4 Å². The van der Waals surface area contributed by atoms with E-state index in [-0.39, 0.29) is 0 Å². The highest BCUT2D eigenvalue weighted by atomic mass is 16.5. The number of aromatic nitrogens is 1. The molecule has 2 rings (SSSR count). The summed E-state index contributed by atoms with van der Waals surface area (Å²) in [7, 11) is 1.54. The Labute approximate surface area is 80.3 Å². The van der Waals surface area contributed by atoms with E-state index in [1.807, 2.05) is 0 Å². The first kappa shape index (κ1) is 8.62. The molecule has 1 heterocycles. The van der Waals surface area contributed by atoms with Crippen LogP contribution in [0, 0.1) is 6.07 Å². The van der Waals surface area contributed by atoms with Gasteiger partial charge in [0.15, 0.2) is 0 Å². The zero-order valence-corrected chi connectivity index (χ0v) is 7.52. The monoisotopic (exact) mass is 190 g/mol. The van der Waals surface area contributed by atoms with Crippen molar-refractivity contribution in [2.45, 2.75) is 0 Å². The van der Waals surface area contributed by atoms with Crippen molar-refractivity contribution in [3.63, 3.8) is 0 Å². The fraction of sp³-hybridized carbons (Fsp3) is 0.100. The molecule has 0 spiro atoms. The van der Waals surface area contributed by atoms with Gasteiger partial charge in [-0.2, -0.15) is 0 Å². The van der Waals surface area contributed by atoms with Crippen LogP contribution in [0.1, 0.15) is 0 Å². The van der Waals surface area contributed by atoms with Gasteiger partial charge in [0.2, 0.25) is 0 Å². The number of fused-ring (bicyclic) bond motifs is 1. The second kappa shape index (κ2) is 3.06. The van der Waals surface area contributed by atoms with Gasteiger partial charge < -0.3 is 9.84 Å². The molecule has 0 fully saturated rings. The van der Waals surface area contributed by atoms with E-state index in [9.17, 15) is 4.79 Å². The lowest BCUT2D eigenvalue weighted by atomic mass is 10.2. The van der Waals surface area contributed by atoms with Crippen molar-refractivity contribution >= 4 is 17.0 Å². The van der Waals surface area contributed by atoms with Crippen LogP contribution in [-0.2, 0) is 0 Å². The van der Waals surface area contributed by atoms with Crippen LogP contribution in [0.25, 0.3) is 10.9 Å². The smallest absolute Gasteiger partial charge is 0.416 e. The van der Waals surface area contributed by atoms with E-state index in [2.05, 4.69) is 6.07 Å². The van der Waals surface area contributed by atoms with Crippen molar-refractivity contribution in [1.82, 2.24) is 4.57 Å². The highest BCUT2D eigenvalue weighted by molar-refractivity contribution is 5.89. The standard InChI is InChI=1S/C10H8NO3/c1-14-8-3-2-7-4-5-11(10(12)13)9(7)6-8/h2-3,5-6H,1H3,(H,12,13). The summed E-state index contributed by atoms with van der Waals surface area (Å²) in [6.07, 6.45) is 0.372. The molecule has 2 aromatic rings. The molecule has 0 aliphatic heterocycles. The maximum absolute atomic E-state index is 10.8. The first-order valence-corrected chi connectivity index (χ1v) is 4.02. The molecule has 0 saturated carbocycles. The highest BCUT2D eigenvalue weighted by Crippen LogP contribution is 2.20. The summed E-state index contributed by atoms with van der Waals surface area (Å²) in [5.74, 6) is 0.632. The van der Waals surface area contributed by atoms with E-state index in [0.29, 0.717) is 11.3 Å². The fourth-order valence-electron chi connectivity index (χ4n) is 1.32. The second-order valence-electron chi connectivity index (χ2n) is 2.81. The van der Waals surface area contributed by atoms with Crippen LogP contribution in [0.3, 0.4) is 0 Å². The van der Waals surface area contributed by atoms with E-state index in [4.69, 9.17) is 9.84 Å². The van der Waals surface area contributed by atoms with Crippen LogP contribution in [0.4, 0.5) is 4.79 Å². The molecule has 0 saturated heterocycles. The fourth-order valence-corrected chi connectivity index (χ4v) is 1.32. The molecule has 1 aromatic heterocycles. The minimum absolute atomic E-state index is 0.580. The first-order chi connectivity index (χ1) is 6.72. The van der Waals surface area contributed by atoms with Crippen LogP contribution >= 0.6 is 0 Å². The average molecular weight is 190 g/mol. The van der Waals surface area contributed by atoms with Gasteiger partial charge >= 0.3 is 6.09 Å². The van der Waals surface area contributed by atoms with Crippen molar-refractivity contribution in [3.8, 4) is 5.75 Å². The molecule has 71 valence electrons. The van der Waals surface area contributed by atoms with Gasteiger partial charge in [0.25, 0.3) is 0 Å². The predicted molar refractivity (Wildman–Crippen MR) is 50.7 cm³/mol. The molecular weight excluding hydrogens is 182 g/mol. The van der Waals surface area contributed by atoms with Crippen molar-refractivity contribution in [2.24, 2.45) is 0 Å². The quantitative estimate of drug-likeness (QED) is 0.747. The predicted octanol–water partition coefficient (Wildman–Crippen LogP) is 1.98. The highest BCUT2D eigenvalue weighted by Gasteiger charge is 2.07. The number of hydrogen-bond donors (Lipinski definition) is 1. The summed E-state index contributed by atoms with van der Waals surface area (Å²) in [5, 5.41) is 9.60. The SMILES string of the molecule is COc1ccc2[c]cn(C(=O)O)c2c1. The van der Waals surface area contributed by atoms with E-state index < -0.39 is 6.09 Å². The van der Waals surface area contributed by atoms with E-state index in [0.717, 1.165) is 9.95 Å². The number of methoxy groups -OCH3 is 1. The summed E-state index contributed by atoms with van der Waals surface area (Å²) in [4.78, 5) is 10.8. The zero-order chi connectivity index (χ0) is 10.1. The number of rotatable bonds is 1. The van der Waals surface area contributed by atoms with E-state index >= 15 is 0 Å². The average Bonchev–Trinajstić information content (AvgIpc) is 2.59. The molecule has 0 aliphatic carbocycles. The first-order valence-electron chi connectivity index (χ1n) is 4.02. The number of carboxylic acid groups (broad SMARTS) is 1. The third kappa shape index (κ3) is 1.21. The van der Waals surface area contributed by atoms with Gasteiger partial charge in [0, 0.05) is 23.7 Å². The summed E-state index contributed by atoms with van der Waals surface area (Å²) in [5.41, 5.74) is 0.580. The number of ether oxygens (including phenoxy) is 1. The molecule has 1 aromatic carbocycles. The summed E-state index contributed by atoms with van der Waals surface area (Å²) in [6, 6.07) is 8.05. The Bertz CT molecular complexity index is 487. The van der Waals surface area contributed by atoms with Gasteiger partial charge in [-0.05, 0) is 12.1 Å². The molecule has 4 nitrogen and oxygen atoms in total. The van der Waals surface area contributed by atoms with Gasteiger partial charge in [0.1, 0.15) is 5.75 Å². The molecule has 14 heavy (non-hydrogen) atoms. The Morgan fingerprint density at radius 1 is 1.57 bits per heavy atom. The van der Waals surface area contributed by atoms with Gasteiger partial charge in [-0.3, -0.25) is 4.57 Å². The Hall–Kier alpha value is -1.97. The maximum Gasteiger partial charge on any atom is 0.416 e. The topological polar surface area (TPSA) is 51.5 Å². The lowest BCUT2D eigenvalue weighted by Gasteiger charge is -2.01. The Morgan fingerprint density at radius 2 is 2.36 bits per heavy atom. The van der Waals surface area contributed by atoms with Gasteiger partial charge in [-0.1, -0.05) is 0 Å². The van der Waals surface area contributed by atoms with Gasteiger partial charge in [0.05, 0.1) is 12.6 Å². The number of nitrogens with zero attached hydrogens (tertiary/aromatic N) is 1. The zero-order valence-electron chi connectivity index (χ0n) is 7.52. The Kier molecular flexibility index (Phi) is 1.89. The molecule has 1 radical (unpaired) electrons. The third-order valence-electron chi connectivity index (χ3n) is 2.02. The number of hydrogen-bond acceptors (Lipinski definition) is 2. The van der Waals surface area contributed by atoms with Gasteiger partial charge in [-0.25, -0.2) is 4.79 Å². The third-order valence-corrected chi connectivity index (χ3v) is 2.02. The molecule has 0 unspecified atom stereocenters. The molecule has 0 amide bonds. The minimum Gasteiger partial charge on any atom is -0.497 e. The molecule has 0 aliphatic rings. The normalized spacial score (nSPS) is 10.4. The maximum atomic E-state index is 10.8. The van der Waals surface area contributed by atoms with Gasteiger partial charge in [-0.15, -0.1) is 0 Å². The van der Waals surface area contributed by atoms with Crippen molar-refractivity contribution in [3.05, 3.63) is 30.5 Å². The van der Waals surface area contributed by atoms with Crippen LogP contribution in [0.2, 0.25) is 0 Å². The molecule has 4 heteroatoms. The van der Waals surface area contributed by atoms with Crippen LogP contribution in [0.5, 0.6) is 5.75 Å². The molecule has 0 atom stereocenters. The molecular formula is C10H8NO3. The lowest BCUT2D eigenvalue weighted by molar-refractivity contribution is 0.197. The van der Waals surface area contributed by atoms with Crippen molar-refractivity contribution in [1.29, 1.82) is 0 Å². The number of carbonyl (C=O) groups is 1. The number of benzene rings is 1. The van der Waals surface area contributed by atoms with E-state index in [1.165, 1.54) is 6.20 Å². The Morgan fingerprint density at radius 3 is 3.00 bits per heavy atom. The molecule has 1 N–H and O–H groups in total. The molecule has 0 bridgehead atoms. The second-order valence-corrected chi connectivity index (χ2v) is 2.81.